The van der Waals surface area contributed by atoms with Crippen molar-refractivity contribution in [1.82, 2.24) is 4.90 Å². The molecule has 0 radical (unpaired) electrons. The van der Waals surface area contributed by atoms with E-state index in [9.17, 15) is 27.6 Å². The van der Waals surface area contributed by atoms with Gasteiger partial charge in [0.2, 0.25) is 5.91 Å². The summed E-state index contributed by atoms with van der Waals surface area (Å²) in [4.78, 5) is 35.6. The first kappa shape index (κ1) is 31.0. The summed E-state index contributed by atoms with van der Waals surface area (Å²) in [5.74, 6) is -1.33. The number of esters is 1. The fraction of sp³-hybridized carbons (Fsp3) is 0.870. The number of nitrogens with zero attached hydrogens (tertiary/aromatic N) is 1. The molecule has 7 nitrogen and oxygen atoms in total. The number of piperidine rings is 1. The van der Waals surface area contributed by atoms with E-state index < -0.39 is 47.8 Å². The average Bonchev–Trinajstić information content (AvgIpc) is 2.57. The van der Waals surface area contributed by atoms with Gasteiger partial charge >= 0.3 is 18.2 Å². The number of primary amides is 1. The minimum Gasteiger partial charge on any atom is -0.462 e. The Morgan fingerprint density at radius 1 is 1.09 bits per heavy atom. The highest BCUT2D eigenvalue weighted by Crippen LogP contribution is 2.35. The minimum absolute atomic E-state index is 0.106. The molecule has 2 N–H and O–H groups in total. The Labute approximate surface area is 195 Å². The molecule has 1 aliphatic rings. The first-order chi connectivity index (χ1) is 14.7. The van der Waals surface area contributed by atoms with Crippen molar-refractivity contribution in [2.45, 2.75) is 105 Å². The number of hydrogen-bond donors (Lipinski definition) is 1. The van der Waals surface area contributed by atoms with Gasteiger partial charge in [-0.2, -0.15) is 13.2 Å². The predicted octanol–water partition coefficient (Wildman–Crippen LogP) is 5.06. The van der Waals surface area contributed by atoms with Crippen LogP contribution in [0.5, 0.6) is 0 Å². The molecule has 0 aromatic rings. The molecule has 1 saturated heterocycles. The number of nitrogens with two attached hydrogens (primary N) is 1. The van der Waals surface area contributed by atoms with Crippen LogP contribution < -0.4 is 5.73 Å². The van der Waals surface area contributed by atoms with Crippen LogP contribution in [0.4, 0.5) is 18.0 Å². The molecule has 4 atom stereocenters. The smallest absolute Gasteiger partial charge is 0.405 e. The zero-order chi connectivity index (χ0) is 26.4. The largest absolute Gasteiger partial charge is 0.462 e. The average molecular weight is 483 g/mol. The van der Waals surface area contributed by atoms with E-state index in [1.165, 1.54) is 4.90 Å². The summed E-state index contributed by atoms with van der Waals surface area (Å²) in [5, 5.41) is 0. The van der Waals surface area contributed by atoms with E-state index in [2.05, 4.69) is 4.74 Å². The van der Waals surface area contributed by atoms with Gasteiger partial charge in [0.05, 0.1) is 5.41 Å². The van der Waals surface area contributed by atoms with Gasteiger partial charge in [0.15, 0.2) is 0 Å². The zero-order valence-corrected chi connectivity index (χ0v) is 21.3. The first-order valence-corrected chi connectivity index (χ1v) is 11.2. The van der Waals surface area contributed by atoms with Crippen LogP contribution in [0.3, 0.4) is 0 Å². The maximum atomic E-state index is 12.6. The second kappa shape index (κ2) is 11.9. The van der Waals surface area contributed by atoms with Crippen molar-refractivity contribution in [3.05, 3.63) is 0 Å². The van der Waals surface area contributed by atoms with Crippen molar-refractivity contribution in [2.24, 2.45) is 23.0 Å². The summed E-state index contributed by atoms with van der Waals surface area (Å²) in [6.07, 6.45) is -5.66. The van der Waals surface area contributed by atoms with E-state index in [0.717, 1.165) is 12.8 Å². The van der Waals surface area contributed by atoms with Gasteiger partial charge in [-0.1, -0.05) is 13.3 Å². The van der Waals surface area contributed by atoms with Crippen LogP contribution >= 0.6 is 0 Å². The second-order valence-electron chi connectivity index (χ2n) is 10.6. The van der Waals surface area contributed by atoms with Gasteiger partial charge in [0.1, 0.15) is 18.1 Å². The van der Waals surface area contributed by atoms with E-state index in [4.69, 9.17) is 10.5 Å². The number of halogens is 3. The van der Waals surface area contributed by atoms with Gasteiger partial charge in [-0.15, -0.1) is 0 Å². The molecule has 0 aliphatic carbocycles. The summed E-state index contributed by atoms with van der Waals surface area (Å²) in [5.41, 5.74) is 3.61. The monoisotopic (exact) mass is 482 g/mol. The van der Waals surface area contributed by atoms with Gasteiger partial charge < -0.3 is 20.1 Å². The third-order valence-electron chi connectivity index (χ3n) is 5.34. The number of likely N-dealkylation sites (tertiary alicyclic amines) is 1. The lowest BCUT2D eigenvalue weighted by atomic mass is 9.79. The zero-order valence-electron chi connectivity index (χ0n) is 21.3. The van der Waals surface area contributed by atoms with Crippen molar-refractivity contribution >= 4 is 18.0 Å². The molecule has 10 heteroatoms. The van der Waals surface area contributed by atoms with Crippen molar-refractivity contribution < 1.29 is 37.0 Å². The maximum Gasteiger partial charge on any atom is 0.405 e. The number of rotatable bonds is 4. The van der Waals surface area contributed by atoms with E-state index in [1.807, 2.05) is 6.92 Å². The Balaban J connectivity index is 0.00000109. The van der Waals surface area contributed by atoms with E-state index in [1.54, 1.807) is 55.4 Å². The molecule has 2 unspecified atom stereocenters. The molecular formula is C23H41F3N2O5. The lowest BCUT2D eigenvalue weighted by molar-refractivity contribution is -0.170. The standard InChI is InChI=1S/C18H30F3NO3.C5H11NO2/c1-7-13-8-14(12(3)25-16(24)17(4,5)6)11(2)22(10-13)15(23)9-18(19,20)21;1-5(2,3)8-4(6)7/h11-14H,7-10H2,1-6H3;1-3H3,(H2,6,7)/t11?,12-,13?,14+;/m0./s1. The fourth-order valence-corrected chi connectivity index (χ4v) is 3.55. The minimum atomic E-state index is -4.52. The number of carbonyl (C=O) groups is 3. The Morgan fingerprint density at radius 2 is 1.61 bits per heavy atom. The molecule has 194 valence electrons. The van der Waals surface area contributed by atoms with Gasteiger partial charge in [-0.3, -0.25) is 9.59 Å². The van der Waals surface area contributed by atoms with Crippen molar-refractivity contribution in [1.29, 1.82) is 0 Å². The highest BCUT2D eigenvalue weighted by Gasteiger charge is 2.42. The molecule has 0 aromatic heterocycles. The predicted molar refractivity (Wildman–Crippen MR) is 119 cm³/mol. The molecule has 2 amide bonds. The van der Waals surface area contributed by atoms with Crippen LogP contribution in [0.25, 0.3) is 0 Å². The number of carbonyl (C=O) groups excluding carboxylic acids is 3. The van der Waals surface area contributed by atoms with Gasteiger partial charge in [-0.05, 0) is 67.7 Å². The third-order valence-corrected chi connectivity index (χ3v) is 5.34. The lowest BCUT2D eigenvalue weighted by Gasteiger charge is -2.45. The third kappa shape index (κ3) is 12.1. The Bertz CT molecular complexity index is 668. The maximum absolute atomic E-state index is 12.6. The number of alkyl halides is 3. The molecule has 0 saturated carbocycles. The van der Waals surface area contributed by atoms with Crippen LogP contribution in [0.2, 0.25) is 0 Å². The first-order valence-electron chi connectivity index (χ1n) is 11.2. The van der Waals surface area contributed by atoms with E-state index in [-0.39, 0.29) is 17.8 Å². The van der Waals surface area contributed by atoms with Crippen LogP contribution in [-0.4, -0.2) is 53.3 Å². The van der Waals surface area contributed by atoms with E-state index in [0.29, 0.717) is 6.54 Å². The Hall–Kier alpha value is -2.00. The van der Waals surface area contributed by atoms with Crippen LogP contribution in [-0.2, 0) is 19.1 Å². The molecule has 0 bridgehead atoms. The molecule has 1 rings (SSSR count). The number of amides is 2. The molecule has 0 aromatic carbocycles. The molecule has 33 heavy (non-hydrogen) atoms. The molecule has 1 heterocycles. The Kier molecular flexibility index (Phi) is 11.2. The van der Waals surface area contributed by atoms with Crippen LogP contribution in [0, 0.1) is 17.3 Å². The van der Waals surface area contributed by atoms with E-state index >= 15 is 0 Å². The lowest BCUT2D eigenvalue weighted by Crippen LogP contribution is -2.54. The topological polar surface area (TPSA) is 98.9 Å². The summed E-state index contributed by atoms with van der Waals surface area (Å²) in [6, 6.07) is -0.402. The van der Waals surface area contributed by atoms with Gasteiger partial charge in [0, 0.05) is 18.5 Å². The quantitative estimate of drug-likeness (QED) is 0.565. The van der Waals surface area contributed by atoms with Crippen molar-refractivity contribution in [3.8, 4) is 0 Å². The second-order valence-corrected chi connectivity index (χ2v) is 10.6. The van der Waals surface area contributed by atoms with Crippen molar-refractivity contribution in [3.63, 3.8) is 0 Å². The Morgan fingerprint density at radius 3 is 1.94 bits per heavy atom. The highest BCUT2D eigenvalue weighted by molar-refractivity contribution is 5.77. The normalized spacial score (nSPS) is 22.5. The highest BCUT2D eigenvalue weighted by atomic mass is 19.4. The van der Waals surface area contributed by atoms with Gasteiger partial charge in [-0.25, -0.2) is 4.79 Å². The fourth-order valence-electron chi connectivity index (χ4n) is 3.55. The van der Waals surface area contributed by atoms with Crippen LogP contribution in [0.15, 0.2) is 0 Å². The summed E-state index contributed by atoms with van der Waals surface area (Å²) < 4.78 is 48.0. The summed E-state index contributed by atoms with van der Waals surface area (Å²) in [6.45, 7) is 16.3. The van der Waals surface area contributed by atoms with Crippen LogP contribution in [0.1, 0.15) is 81.6 Å². The summed E-state index contributed by atoms with van der Waals surface area (Å²) >= 11 is 0. The number of ether oxygens (including phenoxy) is 2. The molecular weight excluding hydrogens is 441 g/mol. The number of hydrogen-bond acceptors (Lipinski definition) is 5. The van der Waals surface area contributed by atoms with Gasteiger partial charge in [0.25, 0.3) is 0 Å². The molecule has 0 spiro atoms. The van der Waals surface area contributed by atoms with Crippen molar-refractivity contribution in [2.75, 3.05) is 6.54 Å². The summed E-state index contributed by atoms with van der Waals surface area (Å²) in [7, 11) is 0. The SMILES string of the molecule is CC(C)(C)OC(N)=O.CCC1C[C@@H]([C@H](C)OC(=O)C(C)(C)C)C(C)N(C(=O)CC(F)(F)F)C1. The molecule has 1 fully saturated rings. The molecule has 1 aliphatic heterocycles.